The summed E-state index contributed by atoms with van der Waals surface area (Å²) in [6.07, 6.45) is 1.70. The van der Waals surface area contributed by atoms with Gasteiger partial charge in [-0.05, 0) is 25.9 Å². The van der Waals surface area contributed by atoms with Gasteiger partial charge in [-0.25, -0.2) is 12.7 Å². The van der Waals surface area contributed by atoms with Crippen molar-refractivity contribution in [3.63, 3.8) is 0 Å². The maximum Gasteiger partial charge on any atom is 0.214 e. The van der Waals surface area contributed by atoms with Crippen LogP contribution >= 0.6 is 0 Å². The van der Waals surface area contributed by atoms with Crippen molar-refractivity contribution in [1.82, 2.24) is 9.62 Å². The number of rotatable bonds is 7. The van der Waals surface area contributed by atoms with Crippen LogP contribution in [0.25, 0.3) is 0 Å². The number of nitrogens with zero attached hydrogens (tertiary/aromatic N) is 1. The zero-order valence-electron chi connectivity index (χ0n) is 10.4. The van der Waals surface area contributed by atoms with Crippen LogP contribution in [0.2, 0.25) is 0 Å². The van der Waals surface area contributed by atoms with Gasteiger partial charge in [-0.15, -0.1) is 0 Å². The largest absolute Gasteiger partial charge is 0.317 e. The van der Waals surface area contributed by atoms with Crippen molar-refractivity contribution in [1.29, 1.82) is 0 Å². The Labute approximate surface area is 106 Å². The molecular formula is C10H22N2O3S2. The van der Waals surface area contributed by atoms with Gasteiger partial charge in [-0.2, -0.15) is 0 Å². The van der Waals surface area contributed by atoms with Crippen LogP contribution in [0.5, 0.6) is 0 Å². The predicted molar refractivity (Wildman–Crippen MR) is 71.0 cm³/mol. The molecule has 17 heavy (non-hydrogen) atoms. The fourth-order valence-corrected chi connectivity index (χ4v) is 4.50. The van der Waals surface area contributed by atoms with E-state index in [0.717, 1.165) is 19.5 Å². The lowest BCUT2D eigenvalue weighted by molar-refractivity contribution is 0.437. The summed E-state index contributed by atoms with van der Waals surface area (Å²) in [5.74, 6) is 1.15. The minimum Gasteiger partial charge on any atom is -0.317 e. The maximum atomic E-state index is 11.9. The van der Waals surface area contributed by atoms with E-state index in [-0.39, 0.29) is 5.75 Å². The summed E-state index contributed by atoms with van der Waals surface area (Å²) in [7, 11) is -3.96. The molecule has 0 aromatic carbocycles. The third-order valence-corrected chi connectivity index (χ3v) is 5.95. The monoisotopic (exact) mass is 282 g/mol. The highest BCUT2D eigenvalue weighted by Gasteiger charge is 2.25. The second-order valence-electron chi connectivity index (χ2n) is 4.17. The molecule has 1 aliphatic heterocycles. The summed E-state index contributed by atoms with van der Waals surface area (Å²) in [6, 6.07) is 0. The summed E-state index contributed by atoms with van der Waals surface area (Å²) >= 11 is 0. The molecule has 0 aromatic rings. The van der Waals surface area contributed by atoms with Crippen LogP contribution < -0.4 is 5.32 Å². The number of hydrogen-bond donors (Lipinski definition) is 1. The lowest BCUT2D eigenvalue weighted by Crippen LogP contribution is -2.43. The lowest BCUT2D eigenvalue weighted by Gasteiger charge is -2.25. The molecule has 1 rings (SSSR count). The molecule has 0 radical (unpaired) electrons. The SMILES string of the molecule is CCCNCCCS(=O)(=O)N1CCS(=O)CC1. The molecule has 0 aromatic heterocycles. The normalized spacial score (nSPS) is 19.6. The average Bonchev–Trinajstić information content (AvgIpc) is 2.29. The number of hydrogen-bond acceptors (Lipinski definition) is 4. The molecule has 0 spiro atoms. The van der Waals surface area contributed by atoms with Crippen LogP contribution in [-0.2, 0) is 20.8 Å². The Kier molecular flexibility index (Phi) is 6.61. The molecule has 0 amide bonds. The summed E-state index contributed by atoms with van der Waals surface area (Å²) in [4.78, 5) is 0. The number of nitrogens with one attached hydrogen (secondary N) is 1. The fourth-order valence-electron chi connectivity index (χ4n) is 1.71. The summed E-state index contributed by atoms with van der Waals surface area (Å²) in [5, 5.41) is 3.19. The molecule has 0 unspecified atom stereocenters. The topological polar surface area (TPSA) is 66.5 Å². The minimum atomic E-state index is -3.14. The second kappa shape index (κ2) is 7.45. The van der Waals surface area contributed by atoms with Crippen molar-refractivity contribution in [3.05, 3.63) is 0 Å². The predicted octanol–water partition coefficient (Wildman–Crippen LogP) is -0.230. The van der Waals surface area contributed by atoms with Crippen molar-refractivity contribution in [3.8, 4) is 0 Å². The summed E-state index contributed by atoms with van der Waals surface area (Å²) in [6.45, 7) is 4.59. The zero-order valence-corrected chi connectivity index (χ0v) is 12.0. The molecule has 7 heteroatoms. The smallest absolute Gasteiger partial charge is 0.214 e. The van der Waals surface area contributed by atoms with E-state index in [2.05, 4.69) is 12.2 Å². The van der Waals surface area contributed by atoms with Gasteiger partial charge in [0, 0.05) is 35.4 Å². The Balaban J connectivity index is 2.28. The Bertz CT molecular complexity index is 333. The van der Waals surface area contributed by atoms with E-state index >= 15 is 0 Å². The Hall–Kier alpha value is 0.0200. The van der Waals surface area contributed by atoms with Crippen molar-refractivity contribution in [2.24, 2.45) is 0 Å². The van der Waals surface area contributed by atoms with Crippen LogP contribution in [0.4, 0.5) is 0 Å². The third-order valence-electron chi connectivity index (χ3n) is 2.71. The molecule has 0 aliphatic carbocycles. The second-order valence-corrected chi connectivity index (χ2v) is 7.95. The highest BCUT2D eigenvalue weighted by atomic mass is 32.2. The van der Waals surface area contributed by atoms with Crippen molar-refractivity contribution < 1.29 is 12.6 Å². The van der Waals surface area contributed by atoms with Crippen LogP contribution in [0, 0.1) is 0 Å². The van der Waals surface area contributed by atoms with Gasteiger partial charge < -0.3 is 5.32 Å². The molecule has 102 valence electrons. The van der Waals surface area contributed by atoms with Gasteiger partial charge in [0.25, 0.3) is 0 Å². The van der Waals surface area contributed by atoms with E-state index in [4.69, 9.17) is 0 Å². The molecule has 0 saturated carbocycles. The molecule has 1 saturated heterocycles. The molecular weight excluding hydrogens is 260 g/mol. The quantitative estimate of drug-likeness (QED) is 0.655. The van der Waals surface area contributed by atoms with Crippen molar-refractivity contribution in [2.45, 2.75) is 19.8 Å². The van der Waals surface area contributed by atoms with E-state index in [0.29, 0.717) is 31.0 Å². The van der Waals surface area contributed by atoms with E-state index in [1.54, 1.807) is 0 Å². The summed E-state index contributed by atoms with van der Waals surface area (Å²) < 4.78 is 36.5. The third kappa shape index (κ3) is 5.46. The van der Waals surface area contributed by atoms with Gasteiger partial charge in [0.05, 0.1) is 5.75 Å². The minimum absolute atomic E-state index is 0.191. The van der Waals surface area contributed by atoms with E-state index in [9.17, 15) is 12.6 Å². The standard InChI is InChI=1S/C10H22N2O3S2/c1-2-4-11-5-3-10-17(14,15)12-6-8-16(13)9-7-12/h11H,2-10H2,1H3. The fraction of sp³-hybridized carbons (Fsp3) is 1.00. The molecule has 1 fully saturated rings. The molecule has 1 heterocycles. The Morgan fingerprint density at radius 3 is 2.47 bits per heavy atom. The zero-order chi connectivity index (χ0) is 12.7. The van der Waals surface area contributed by atoms with Gasteiger partial charge in [0.1, 0.15) is 0 Å². The maximum absolute atomic E-state index is 11.9. The molecule has 5 nitrogen and oxygen atoms in total. The van der Waals surface area contributed by atoms with E-state index in [1.807, 2.05) is 0 Å². The Morgan fingerprint density at radius 2 is 1.88 bits per heavy atom. The first-order valence-corrected chi connectivity index (χ1v) is 9.19. The lowest BCUT2D eigenvalue weighted by atomic mass is 10.4. The van der Waals surface area contributed by atoms with Crippen LogP contribution in [0.15, 0.2) is 0 Å². The molecule has 1 aliphatic rings. The van der Waals surface area contributed by atoms with Gasteiger partial charge in [-0.1, -0.05) is 6.92 Å². The average molecular weight is 282 g/mol. The van der Waals surface area contributed by atoms with E-state index < -0.39 is 20.8 Å². The highest BCUT2D eigenvalue weighted by Crippen LogP contribution is 2.08. The van der Waals surface area contributed by atoms with Crippen LogP contribution in [0.1, 0.15) is 19.8 Å². The first-order valence-electron chi connectivity index (χ1n) is 6.10. The van der Waals surface area contributed by atoms with E-state index in [1.165, 1.54) is 4.31 Å². The number of sulfonamides is 1. The van der Waals surface area contributed by atoms with Gasteiger partial charge in [0.2, 0.25) is 10.0 Å². The first-order chi connectivity index (χ1) is 8.06. The van der Waals surface area contributed by atoms with Crippen LogP contribution in [-0.4, -0.2) is 60.4 Å². The Morgan fingerprint density at radius 1 is 1.24 bits per heavy atom. The van der Waals surface area contributed by atoms with Gasteiger partial charge >= 0.3 is 0 Å². The molecule has 1 N–H and O–H groups in total. The van der Waals surface area contributed by atoms with Crippen molar-refractivity contribution >= 4 is 20.8 Å². The van der Waals surface area contributed by atoms with Gasteiger partial charge in [-0.3, -0.25) is 4.21 Å². The highest BCUT2D eigenvalue weighted by molar-refractivity contribution is 7.89. The molecule has 0 bridgehead atoms. The summed E-state index contributed by atoms with van der Waals surface area (Å²) in [5.41, 5.74) is 0. The molecule has 0 atom stereocenters. The van der Waals surface area contributed by atoms with Gasteiger partial charge in [0.15, 0.2) is 0 Å². The first kappa shape index (κ1) is 15.1. The van der Waals surface area contributed by atoms with Crippen LogP contribution in [0.3, 0.4) is 0 Å². The van der Waals surface area contributed by atoms with Crippen molar-refractivity contribution in [2.75, 3.05) is 43.4 Å².